The topological polar surface area (TPSA) is 58.2 Å². The van der Waals surface area contributed by atoms with Crippen molar-refractivity contribution in [3.8, 4) is 0 Å². The van der Waals surface area contributed by atoms with Crippen molar-refractivity contribution in [3.63, 3.8) is 0 Å². The molecule has 1 aromatic rings. The van der Waals surface area contributed by atoms with E-state index in [0.717, 1.165) is 17.7 Å². The maximum Gasteiger partial charge on any atom is 0.280 e. The predicted molar refractivity (Wildman–Crippen MR) is 76.4 cm³/mol. The van der Waals surface area contributed by atoms with E-state index in [1.807, 2.05) is 24.3 Å². The van der Waals surface area contributed by atoms with Gasteiger partial charge in [-0.1, -0.05) is 18.7 Å². The Balaban J connectivity index is 2.47. The van der Waals surface area contributed by atoms with Crippen LogP contribution in [-0.2, 0) is 11.2 Å². The van der Waals surface area contributed by atoms with Gasteiger partial charge >= 0.3 is 0 Å². The lowest BCUT2D eigenvalue weighted by atomic mass is 10.1. The summed E-state index contributed by atoms with van der Waals surface area (Å²) < 4.78 is -0.0579. The highest BCUT2D eigenvalue weighted by molar-refractivity contribution is 14.1. The van der Waals surface area contributed by atoms with Crippen LogP contribution < -0.4 is 10.6 Å². The standard InChI is InChI=1S/C12H13IN2O2/c1-2-11(16)15-10-5-3-9(4-6-10)7-8-14-12(13)17/h2-6H,1,7-8H2,(H,14,17)(H,15,16). The Kier molecular flexibility index (Phi) is 5.68. The zero-order valence-corrected chi connectivity index (χ0v) is 11.4. The van der Waals surface area contributed by atoms with Crippen LogP contribution in [0.15, 0.2) is 36.9 Å². The monoisotopic (exact) mass is 344 g/mol. The third kappa shape index (κ3) is 5.48. The molecule has 0 aliphatic heterocycles. The summed E-state index contributed by atoms with van der Waals surface area (Å²) in [5.74, 6) is -0.227. The minimum absolute atomic E-state index is 0.0579. The number of hydrogen-bond donors (Lipinski definition) is 2. The van der Waals surface area contributed by atoms with E-state index in [1.54, 1.807) is 22.6 Å². The van der Waals surface area contributed by atoms with Crippen LogP contribution in [0.1, 0.15) is 5.56 Å². The molecule has 2 amide bonds. The van der Waals surface area contributed by atoms with Gasteiger partial charge in [-0.2, -0.15) is 0 Å². The molecule has 0 heterocycles. The smallest absolute Gasteiger partial charge is 0.280 e. The number of carbonyl (C=O) groups excluding carboxylic acids is 2. The molecule has 4 nitrogen and oxygen atoms in total. The molecule has 0 saturated heterocycles. The maximum atomic E-state index is 11.0. The number of halogens is 1. The second kappa shape index (κ2) is 7.05. The fourth-order valence-corrected chi connectivity index (χ4v) is 1.52. The van der Waals surface area contributed by atoms with Gasteiger partial charge in [-0.15, -0.1) is 0 Å². The number of carbonyl (C=O) groups is 2. The Labute approximate surface area is 114 Å². The molecule has 0 aromatic heterocycles. The summed E-state index contributed by atoms with van der Waals surface area (Å²) in [5.41, 5.74) is 1.84. The van der Waals surface area contributed by atoms with E-state index in [0.29, 0.717) is 6.54 Å². The van der Waals surface area contributed by atoms with Crippen LogP contribution in [-0.4, -0.2) is 16.4 Å². The molecule has 17 heavy (non-hydrogen) atoms. The van der Waals surface area contributed by atoms with Crippen LogP contribution in [0.25, 0.3) is 0 Å². The lowest BCUT2D eigenvalue weighted by Crippen LogP contribution is -2.18. The average molecular weight is 344 g/mol. The van der Waals surface area contributed by atoms with Gasteiger partial charge in [0, 0.05) is 34.8 Å². The fourth-order valence-electron chi connectivity index (χ4n) is 1.25. The van der Waals surface area contributed by atoms with Crippen LogP contribution in [0.2, 0.25) is 0 Å². The number of benzene rings is 1. The summed E-state index contributed by atoms with van der Waals surface area (Å²) in [7, 11) is 0. The number of hydrogen-bond acceptors (Lipinski definition) is 2. The van der Waals surface area contributed by atoms with Crippen molar-refractivity contribution in [1.29, 1.82) is 0 Å². The van der Waals surface area contributed by atoms with Gasteiger partial charge in [-0.3, -0.25) is 9.59 Å². The average Bonchev–Trinajstić information content (AvgIpc) is 2.31. The molecule has 0 aliphatic rings. The van der Waals surface area contributed by atoms with Crippen molar-refractivity contribution in [2.45, 2.75) is 6.42 Å². The van der Waals surface area contributed by atoms with Gasteiger partial charge in [0.15, 0.2) is 0 Å². The first-order chi connectivity index (χ1) is 8.11. The molecular formula is C12H13IN2O2. The largest absolute Gasteiger partial charge is 0.347 e. The molecule has 5 heteroatoms. The molecule has 0 unspecified atom stereocenters. The highest BCUT2D eigenvalue weighted by atomic mass is 127. The molecule has 0 aliphatic carbocycles. The minimum Gasteiger partial charge on any atom is -0.347 e. The minimum atomic E-state index is -0.227. The molecule has 1 rings (SSSR count). The highest BCUT2D eigenvalue weighted by Crippen LogP contribution is 2.09. The van der Waals surface area contributed by atoms with Gasteiger partial charge in [-0.25, -0.2) is 0 Å². The summed E-state index contributed by atoms with van der Waals surface area (Å²) in [6, 6.07) is 7.47. The van der Waals surface area contributed by atoms with E-state index in [1.165, 1.54) is 6.08 Å². The molecule has 0 radical (unpaired) electrons. The summed E-state index contributed by atoms with van der Waals surface area (Å²) in [6.45, 7) is 3.99. The van der Waals surface area contributed by atoms with Crippen LogP contribution in [0, 0.1) is 0 Å². The van der Waals surface area contributed by atoms with Crippen LogP contribution in [0.3, 0.4) is 0 Å². The number of amides is 2. The molecule has 0 fully saturated rings. The zero-order chi connectivity index (χ0) is 12.7. The van der Waals surface area contributed by atoms with Gasteiger partial charge in [0.2, 0.25) is 5.91 Å². The second-order valence-corrected chi connectivity index (χ2v) is 4.32. The van der Waals surface area contributed by atoms with Crippen LogP contribution in [0.4, 0.5) is 10.5 Å². The third-order valence-corrected chi connectivity index (χ3v) is 2.47. The Hall–Kier alpha value is -1.37. The number of anilines is 1. The van der Waals surface area contributed by atoms with E-state index in [9.17, 15) is 9.59 Å². The van der Waals surface area contributed by atoms with E-state index < -0.39 is 0 Å². The van der Waals surface area contributed by atoms with E-state index in [2.05, 4.69) is 17.2 Å². The normalized spacial score (nSPS) is 9.47. The van der Waals surface area contributed by atoms with E-state index in [4.69, 9.17) is 0 Å². The van der Waals surface area contributed by atoms with Crippen molar-refractivity contribution in [2.75, 3.05) is 11.9 Å². The first-order valence-electron chi connectivity index (χ1n) is 5.07. The second-order valence-electron chi connectivity index (χ2n) is 3.34. The van der Waals surface area contributed by atoms with Gasteiger partial charge in [0.1, 0.15) is 0 Å². The molecule has 0 spiro atoms. The van der Waals surface area contributed by atoms with Crippen molar-refractivity contribution in [1.82, 2.24) is 5.32 Å². The molecule has 1 aromatic carbocycles. The zero-order valence-electron chi connectivity index (χ0n) is 9.20. The molecular weight excluding hydrogens is 331 g/mol. The summed E-state index contributed by atoms with van der Waals surface area (Å²) >= 11 is 1.70. The Morgan fingerprint density at radius 3 is 2.47 bits per heavy atom. The van der Waals surface area contributed by atoms with E-state index in [-0.39, 0.29) is 9.82 Å². The maximum absolute atomic E-state index is 11.0. The predicted octanol–water partition coefficient (Wildman–Crippen LogP) is 2.50. The Bertz CT molecular complexity index is 415. The third-order valence-electron chi connectivity index (χ3n) is 2.08. The van der Waals surface area contributed by atoms with Crippen molar-refractivity contribution >= 4 is 38.1 Å². The van der Waals surface area contributed by atoms with Crippen molar-refractivity contribution < 1.29 is 9.59 Å². The number of rotatable bonds is 5. The molecule has 2 N–H and O–H groups in total. The van der Waals surface area contributed by atoms with Gasteiger partial charge in [0.25, 0.3) is 3.91 Å². The van der Waals surface area contributed by atoms with Gasteiger partial charge < -0.3 is 10.6 Å². The van der Waals surface area contributed by atoms with Crippen molar-refractivity contribution in [3.05, 3.63) is 42.5 Å². The SMILES string of the molecule is C=CC(=O)Nc1ccc(CCNC(=O)I)cc1. The lowest BCUT2D eigenvalue weighted by molar-refractivity contribution is -0.111. The number of nitrogens with one attached hydrogen (secondary N) is 2. The van der Waals surface area contributed by atoms with Gasteiger partial charge in [0.05, 0.1) is 0 Å². The summed E-state index contributed by atoms with van der Waals surface area (Å²) in [5, 5.41) is 5.38. The van der Waals surface area contributed by atoms with Crippen LogP contribution in [0.5, 0.6) is 0 Å². The molecule has 0 bridgehead atoms. The molecule has 0 saturated carbocycles. The Morgan fingerprint density at radius 1 is 1.29 bits per heavy atom. The Morgan fingerprint density at radius 2 is 1.94 bits per heavy atom. The van der Waals surface area contributed by atoms with Crippen LogP contribution >= 0.6 is 22.6 Å². The first kappa shape index (κ1) is 13.7. The lowest BCUT2D eigenvalue weighted by Gasteiger charge is -2.05. The van der Waals surface area contributed by atoms with Crippen molar-refractivity contribution in [2.24, 2.45) is 0 Å². The fraction of sp³-hybridized carbons (Fsp3) is 0.167. The van der Waals surface area contributed by atoms with Gasteiger partial charge in [-0.05, 0) is 30.2 Å². The van der Waals surface area contributed by atoms with E-state index >= 15 is 0 Å². The quantitative estimate of drug-likeness (QED) is 0.373. The first-order valence-corrected chi connectivity index (χ1v) is 6.15. The molecule has 0 atom stereocenters. The summed E-state index contributed by atoms with van der Waals surface area (Å²) in [6.07, 6.45) is 1.99. The molecule has 90 valence electrons. The summed E-state index contributed by atoms with van der Waals surface area (Å²) in [4.78, 5) is 21.7. The highest BCUT2D eigenvalue weighted by Gasteiger charge is 1.98.